The molecule has 15 heavy (non-hydrogen) atoms. The van der Waals surface area contributed by atoms with Gasteiger partial charge in [-0.25, -0.2) is 0 Å². The third kappa shape index (κ3) is 4.30. The summed E-state index contributed by atoms with van der Waals surface area (Å²) >= 11 is 0. The van der Waals surface area contributed by atoms with Gasteiger partial charge in [-0.05, 0) is 32.0 Å². The van der Waals surface area contributed by atoms with E-state index in [-0.39, 0.29) is 6.10 Å². The van der Waals surface area contributed by atoms with E-state index in [1.54, 1.807) is 6.20 Å². The number of rotatable bonds is 6. The van der Waals surface area contributed by atoms with E-state index in [0.29, 0.717) is 0 Å². The van der Waals surface area contributed by atoms with Crippen LogP contribution in [0.3, 0.4) is 0 Å². The molecule has 0 aliphatic rings. The van der Waals surface area contributed by atoms with E-state index in [1.165, 1.54) is 0 Å². The van der Waals surface area contributed by atoms with Crippen LogP contribution in [0.4, 0.5) is 0 Å². The Hall–Kier alpha value is -1.09. The molecular formula is C12H20N2O. The normalized spacial score (nSPS) is 12.5. The van der Waals surface area contributed by atoms with E-state index in [1.807, 2.05) is 12.1 Å². The van der Waals surface area contributed by atoms with E-state index in [0.717, 1.165) is 31.0 Å². The summed E-state index contributed by atoms with van der Waals surface area (Å²) in [6, 6.07) is 3.98. The molecule has 1 unspecified atom stereocenters. The van der Waals surface area contributed by atoms with Crippen LogP contribution in [0.1, 0.15) is 32.9 Å². The Morgan fingerprint density at radius 3 is 2.73 bits per heavy atom. The number of aromatic nitrogens is 1. The van der Waals surface area contributed by atoms with Crippen molar-refractivity contribution in [2.45, 2.75) is 39.8 Å². The average molecular weight is 208 g/mol. The predicted molar refractivity (Wildman–Crippen MR) is 62.0 cm³/mol. The molecule has 0 saturated heterocycles. The molecule has 0 aromatic carbocycles. The summed E-state index contributed by atoms with van der Waals surface area (Å²) in [6.45, 7) is 8.04. The van der Waals surface area contributed by atoms with Gasteiger partial charge in [0.25, 0.3) is 0 Å². The van der Waals surface area contributed by atoms with Crippen LogP contribution in [0.2, 0.25) is 0 Å². The SMILES string of the molecule is CCNCc1ccc(OC(C)CC)cn1. The zero-order valence-corrected chi connectivity index (χ0v) is 9.79. The predicted octanol–water partition coefficient (Wildman–Crippen LogP) is 2.37. The van der Waals surface area contributed by atoms with Gasteiger partial charge in [0.2, 0.25) is 0 Å². The minimum absolute atomic E-state index is 0.256. The molecule has 1 aromatic heterocycles. The van der Waals surface area contributed by atoms with Crippen LogP contribution in [-0.2, 0) is 6.54 Å². The number of ether oxygens (including phenoxy) is 1. The second kappa shape index (κ2) is 6.40. The topological polar surface area (TPSA) is 34.1 Å². The quantitative estimate of drug-likeness (QED) is 0.779. The highest BCUT2D eigenvalue weighted by Crippen LogP contribution is 2.12. The number of hydrogen-bond donors (Lipinski definition) is 1. The smallest absolute Gasteiger partial charge is 0.138 e. The molecule has 0 amide bonds. The van der Waals surface area contributed by atoms with Crippen LogP contribution >= 0.6 is 0 Å². The Kier molecular flexibility index (Phi) is 5.12. The van der Waals surface area contributed by atoms with Gasteiger partial charge in [-0.15, -0.1) is 0 Å². The molecule has 0 radical (unpaired) electrons. The molecule has 0 bridgehead atoms. The van der Waals surface area contributed by atoms with Gasteiger partial charge in [0.1, 0.15) is 5.75 Å². The van der Waals surface area contributed by atoms with Crippen LogP contribution in [0.15, 0.2) is 18.3 Å². The van der Waals surface area contributed by atoms with Gasteiger partial charge in [-0.2, -0.15) is 0 Å². The highest BCUT2D eigenvalue weighted by atomic mass is 16.5. The van der Waals surface area contributed by atoms with E-state index in [9.17, 15) is 0 Å². The molecule has 3 nitrogen and oxygen atoms in total. The van der Waals surface area contributed by atoms with Crippen molar-refractivity contribution in [3.05, 3.63) is 24.0 Å². The molecule has 0 fully saturated rings. The molecule has 0 aliphatic carbocycles. The zero-order valence-electron chi connectivity index (χ0n) is 9.79. The first-order valence-corrected chi connectivity index (χ1v) is 5.58. The first-order valence-electron chi connectivity index (χ1n) is 5.58. The van der Waals surface area contributed by atoms with Gasteiger partial charge < -0.3 is 10.1 Å². The lowest BCUT2D eigenvalue weighted by molar-refractivity contribution is 0.216. The molecule has 0 saturated carbocycles. The highest BCUT2D eigenvalue weighted by Gasteiger charge is 2.01. The molecule has 1 N–H and O–H groups in total. The molecule has 3 heteroatoms. The monoisotopic (exact) mass is 208 g/mol. The van der Waals surface area contributed by atoms with Crippen molar-refractivity contribution in [2.24, 2.45) is 0 Å². The summed E-state index contributed by atoms with van der Waals surface area (Å²) in [6.07, 6.45) is 3.06. The number of nitrogens with one attached hydrogen (secondary N) is 1. The Bertz CT molecular complexity index is 271. The van der Waals surface area contributed by atoms with Gasteiger partial charge in [0, 0.05) is 6.54 Å². The van der Waals surface area contributed by atoms with Gasteiger partial charge >= 0.3 is 0 Å². The first kappa shape index (κ1) is 12.0. The second-order valence-corrected chi connectivity index (χ2v) is 3.60. The third-order valence-electron chi connectivity index (χ3n) is 2.27. The van der Waals surface area contributed by atoms with Crippen molar-refractivity contribution >= 4 is 0 Å². The van der Waals surface area contributed by atoms with Crippen molar-refractivity contribution in [3.8, 4) is 5.75 Å². The van der Waals surface area contributed by atoms with Gasteiger partial charge in [0.15, 0.2) is 0 Å². The number of pyridine rings is 1. The molecule has 0 spiro atoms. The Balaban J connectivity index is 2.48. The maximum Gasteiger partial charge on any atom is 0.138 e. The van der Waals surface area contributed by atoms with Crippen molar-refractivity contribution in [3.63, 3.8) is 0 Å². The molecule has 1 aromatic rings. The molecule has 84 valence electrons. The minimum Gasteiger partial charge on any atom is -0.489 e. The third-order valence-corrected chi connectivity index (χ3v) is 2.27. The molecular weight excluding hydrogens is 188 g/mol. The second-order valence-electron chi connectivity index (χ2n) is 3.60. The van der Waals surface area contributed by atoms with Crippen LogP contribution in [0, 0.1) is 0 Å². The van der Waals surface area contributed by atoms with Crippen molar-refractivity contribution in [2.75, 3.05) is 6.54 Å². The van der Waals surface area contributed by atoms with E-state index in [2.05, 4.69) is 31.1 Å². The average Bonchev–Trinajstić information content (AvgIpc) is 2.28. The lowest BCUT2D eigenvalue weighted by Gasteiger charge is -2.12. The summed E-state index contributed by atoms with van der Waals surface area (Å²) in [5, 5.41) is 3.23. The Labute approximate surface area is 91.9 Å². The van der Waals surface area contributed by atoms with E-state index < -0.39 is 0 Å². The zero-order chi connectivity index (χ0) is 11.1. The lowest BCUT2D eigenvalue weighted by atomic mass is 10.3. The summed E-state index contributed by atoms with van der Waals surface area (Å²) in [5.41, 5.74) is 1.05. The van der Waals surface area contributed by atoms with Crippen molar-refractivity contribution < 1.29 is 4.74 Å². The Morgan fingerprint density at radius 2 is 2.20 bits per heavy atom. The van der Waals surface area contributed by atoms with Gasteiger partial charge in [0.05, 0.1) is 18.0 Å². The number of nitrogens with zero attached hydrogens (tertiary/aromatic N) is 1. The van der Waals surface area contributed by atoms with Crippen molar-refractivity contribution in [1.82, 2.24) is 10.3 Å². The fourth-order valence-electron chi connectivity index (χ4n) is 1.15. The molecule has 0 aliphatic heterocycles. The maximum absolute atomic E-state index is 5.64. The van der Waals surface area contributed by atoms with Crippen LogP contribution < -0.4 is 10.1 Å². The molecule has 1 heterocycles. The summed E-state index contributed by atoms with van der Waals surface area (Å²) in [7, 11) is 0. The van der Waals surface area contributed by atoms with Crippen LogP contribution in [-0.4, -0.2) is 17.6 Å². The number of hydrogen-bond acceptors (Lipinski definition) is 3. The summed E-state index contributed by atoms with van der Waals surface area (Å²) in [4.78, 5) is 4.32. The fourth-order valence-corrected chi connectivity index (χ4v) is 1.15. The first-order chi connectivity index (χ1) is 7.26. The van der Waals surface area contributed by atoms with Gasteiger partial charge in [-0.3, -0.25) is 4.98 Å². The Morgan fingerprint density at radius 1 is 1.40 bits per heavy atom. The summed E-state index contributed by atoms with van der Waals surface area (Å²) < 4.78 is 5.64. The van der Waals surface area contributed by atoms with Gasteiger partial charge in [-0.1, -0.05) is 13.8 Å². The maximum atomic E-state index is 5.64. The van der Waals surface area contributed by atoms with Crippen LogP contribution in [0.5, 0.6) is 5.75 Å². The minimum atomic E-state index is 0.256. The fraction of sp³-hybridized carbons (Fsp3) is 0.583. The molecule has 1 atom stereocenters. The lowest BCUT2D eigenvalue weighted by Crippen LogP contribution is -2.13. The van der Waals surface area contributed by atoms with Crippen LogP contribution in [0.25, 0.3) is 0 Å². The van der Waals surface area contributed by atoms with E-state index in [4.69, 9.17) is 4.74 Å². The highest BCUT2D eigenvalue weighted by molar-refractivity contribution is 5.20. The standard InChI is InChI=1S/C12H20N2O/c1-4-10(3)15-12-7-6-11(14-9-12)8-13-5-2/h6-7,9-10,13H,4-5,8H2,1-3H3. The van der Waals surface area contributed by atoms with Crippen molar-refractivity contribution in [1.29, 1.82) is 0 Å². The summed E-state index contributed by atoms with van der Waals surface area (Å²) in [5.74, 6) is 0.851. The van der Waals surface area contributed by atoms with E-state index >= 15 is 0 Å². The molecule has 1 rings (SSSR count). The largest absolute Gasteiger partial charge is 0.489 e.